The first-order valence-corrected chi connectivity index (χ1v) is 10.4. The van der Waals surface area contributed by atoms with Gasteiger partial charge in [0.05, 0.1) is 25.0 Å². The Balaban J connectivity index is 1.92. The molecule has 0 radical (unpaired) electrons. The summed E-state index contributed by atoms with van der Waals surface area (Å²) in [4.78, 5) is 16.6. The van der Waals surface area contributed by atoms with Crippen LogP contribution in [0.1, 0.15) is 10.4 Å². The SMILES string of the molecule is CS(=O)(=O)c1ccc2nc(NC(=O)c3cc(Cl)sc3Cl)sc2c1. The summed E-state index contributed by atoms with van der Waals surface area (Å²) in [5.74, 6) is -0.416. The van der Waals surface area contributed by atoms with Gasteiger partial charge < -0.3 is 0 Å². The highest BCUT2D eigenvalue weighted by molar-refractivity contribution is 7.90. The molecule has 0 aliphatic carbocycles. The number of thiazole rings is 1. The smallest absolute Gasteiger partial charge is 0.259 e. The first kappa shape index (κ1) is 16.7. The normalized spacial score (nSPS) is 11.8. The van der Waals surface area contributed by atoms with Crippen molar-refractivity contribution in [1.82, 2.24) is 4.98 Å². The number of aromatic nitrogens is 1. The van der Waals surface area contributed by atoms with Crippen LogP contribution in [0.3, 0.4) is 0 Å². The third-order valence-electron chi connectivity index (χ3n) is 2.91. The number of carbonyl (C=O) groups is 1. The molecule has 1 amide bonds. The lowest BCUT2D eigenvalue weighted by Gasteiger charge is -1.98. The van der Waals surface area contributed by atoms with Crippen LogP contribution >= 0.6 is 45.9 Å². The molecule has 0 atom stereocenters. The molecule has 0 saturated heterocycles. The number of halogens is 2. The van der Waals surface area contributed by atoms with Gasteiger partial charge in [0, 0.05) is 6.26 Å². The van der Waals surface area contributed by atoms with Crippen molar-refractivity contribution in [3.63, 3.8) is 0 Å². The van der Waals surface area contributed by atoms with E-state index in [1.807, 2.05) is 0 Å². The molecule has 0 unspecified atom stereocenters. The van der Waals surface area contributed by atoms with Gasteiger partial charge in [-0.1, -0.05) is 34.5 Å². The fraction of sp³-hybridized carbons (Fsp3) is 0.0769. The highest BCUT2D eigenvalue weighted by atomic mass is 35.5. The van der Waals surface area contributed by atoms with E-state index < -0.39 is 15.7 Å². The first-order valence-electron chi connectivity index (χ1n) is 6.11. The second-order valence-corrected chi connectivity index (χ2v) is 9.94. The van der Waals surface area contributed by atoms with E-state index in [1.54, 1.807) is 6.07 Å². The van der Waals surface area contributed by atoms with Crippen molar-refractivity contribution < 1.29 is 13.2 Å². The predicted octanol–water partition coefficient (Wildman–Crippen LogP) is 4.32. The minimum atomic E-state index is -3.29. The molecule has 5 nitrogen and oxygen atoms in total. The Labute approximate surface area is 149 Å². The average molecular weight is 407 g/mol. The monoisotopic (exact) mass is 406 g/mol. The molecule has 0 spiro atoms. The van der Waals surface area contributed by atoms with E-state index in [0.29, 0.717) is 24.0 Å². The van der Waals surface area contributed by atoms with E-state index in [9.17, 15) is 13.2 Å². The second kappa shape index (κ2) is 6.03. The summed E-state index contributed by atoms with van der Waals surface area (Å²) >= 11 is 14.1. The van der Waals surface area contributed by atoms with Crippen molar-refractivity contribution in [1.29, 1.82) is 0 Å². The Morgan fingerprint density at radius 3 is 2.57 bits per heavy atom. The molecular formula is C13H8Cl2N2O3S3. The quantitative estimate of drug-likeness (QED) is 0.702. The van der Waals surface area contributed by atoms with Crippen LogP contribution < -0.4 is 5.32 Å². The Morgan fingerprint density at radius 2 is 1.96 bits per heavy atom. The summed E-state index contributed by atoms with van der Waals surface area (Å²) in [6.07, 6.45) is 1.14. The zero-order valence-electron chi connectivity index (χ0n) is 11.5. The highest BCUT2D eigenvalue weighted by Gasteiger charge is 2.17. The number of hydrogen-bond acceptors (Lipinski definition) is 6. The van der Waals surface area contributed by atoms with E-state index in [0.717, 1.165) is 17.6 Å². The number of carbonyl (C=O) groups excluding carboxylic acids is 1. The molecule has 3 aromatic rings. The molecular weight excluding hydrogens is 399 g/mol. The Morgan fingerprint density at radius 1 is 1.22 bits per heavy atom. The van der Waals surface area contributed by atoms with Gasteiger partial charge in [0.1, 0.15) is 4.34 Å². The molecule has 1 aromatic carbocycles. The summed E-state index contributed by atoms with van der Waals surface area (Å²) in [6, 6.07) is 6.11. The Kier molecular flexibility index (Phi) is 4.37. The number of amides is 1. The number of anilines is 1. The zero-order valence-corrected chi connectivity index (χ0v) is 15.4. The molecule has 0 aliphatic rings. The second-order valence-electron chi connectivity index (χ2n) is 4.61. The van der Waals surface area contributed by atoms with E-state index >= 15 is 0 Å². The fourth-order valence-corrected chi connectivity index (χ4v) is 4.93. The molecule has 0 saturated carbocycles. The third kappa shape index (κ3) is 3.51. The lowest BCUT2D eigenvalue weighted by molar-refractivity contribution is 0.102. The Bertz CT molecular complexity index is 1020. The van der Waals surface area contributed by atoms with E-state index in [1.165, 1.54) is 29.5 Å². The first-order chi connectivity index (χ1) is 10.7. The summed E-state index contributed by atoms with van der Waals surface area (Å²) in [7, 11) is -3.29. The summed E-state index contributed by atoms with van der Waals surface area (Å²) < 4.78 is 24.5. The van der Waals surface area contributed by atoms with Crippen LogP contribution in [0, 0.1) is 0 Å². The molecule has 0 bridgehead atoms. The van der Waals surface area contributed by atoms with E-state index in [-0.39, 0.29) is 10.5 Å². The maximum absolute atomic E-state index is 12.2. The molecule has 23 heavy (non-hydrogen) atoms. The summed E-state index contributed by atoms with van der Waals surface area (Å²) in [5.41, 5.74) is 0.880. The lowest BCUT2D eigenvalue weighted by atomic mass is 10.3. The maximum Gasteiger partial charge on any atom is 0.259 e. The number of sulfone groups is 1. The number of benzene rings is 1. The predicted molar refractivity (Wildman–Crippen MR) is 95.0 cm³/mol. The molecule has 0 fully saturated rings. The number of nitrogens with zero attached hydrogens (tertiary/aromatic N) is 1. The molecule has 2 heterocycles. The van der Waals surface area contributed by atoms with Crippen molar-refractivity contribution in [3.05, 3.63) is 38.5 Å². The molecule has 120 valence electrons. The van der Waals surface area contributed by atoms with Crippen molar-refractivity contribution in [2.75, 3.05) is 11.6 Å². The molecule has 3 rings (SSSR count). The van der Waals surface area contributed by atoms with Crippen LogP contribution in [0.5, 0.6) is 0 Å². The lowest BCUT2D eigenvalue weighted by Crippen LogP contribution is -2.10. The molecule has 2 aromatic heterocycles. The minimum absolute atomic E-state index is 0.208. The van der Waals surface area contributed by atoms with Gasteiger partial charge in [-0.05, 0) is 24.3 Å². The van der Waals surface area contributed by atoms with Gasteiger partial charge in [-0.15, -0.1) is 11.3 Å². The summed E-state index contributed by atoms with van der Waals surface area (Å²) in [5, 5.41) is 3.00. The van der Waals surface area contributed by atoms with Crippen molar-refractivity contribution in [2.45, 2.75) is 4.90 Å². The van der Waals surface area contributed by atoms with Gasteiger partial charge >= 0.3 is 0 Å². The van der Waals surface area contributed by atoms with Gasteiger partial charge in [0.15, 0.2) is 15.0 Å². The minimum Gasteiger partial charge on any atom is -0.298 e. The number of hydrogen-bond donors (Lipinski definition) is 1. The van der Waals surface area contributed by atoms with E-state index in [4.69, 9.17) is 23.2 Å². The topological polar surface area (TPSA) is 76.1 Å². The maximum atomic E-state index is 12.2. The molecule has 10 heteroatoms. The van der Waals surface area contributed by atoms with Crippen molar-refractivity contribution in [2.24, 2.45) is 0 Å². The number of fused-ring (bicyclic) bond motifs is 1. The third-order valence-corrected chi connectivity index (χ3v) is 6.44. The van der Waals surface area contributed by atoms with E-state index in [2.05, 4.69) is 10.3 Å². The van der Waals surface area contributed by atoms with Crippen LogP contribution in [0.2, 0.25) is 8.67 Å². The van der Waals surface area contributed by atoms with Crippen molar-refractivity contribution in [3.8, 4) is 0 Å². The zero-order chi connectivity index (χ0) is 16.8. The molecule has 0 aliphatic heterocycles. The summed E-state index contributed by atoms with van der Waals surface area (Å²) in [6.45, 7) is 0. The van der Waals surface area contributed by atoms with Crippen LogP contribution in [-0.4, -0.2) is 25.6 Å². The highest BCUT2D eigenvalue weighted by Crippen LogP contribution is 2.33. The average Bonchev–Trinajstić information content (AvgIpc) is 2.98. The number of rotatable bonds is 3. The van der Waals surface area contributed by atoms with Gasteiger partial charge in [0.2, 0.25) is 0 Å². The van der Waals surface area contributed by atoms with Gasteiger partial charge in [-0.2, -0.15) is 0 Å². The number of nitrogens with one attached hydrogen (secondary N) is 1. The van der Waals surface area contributed by atoms with Gasteiger partial charge in [0.25, 0.3) is 5.91 Å². The van der Waals surface area contributed by atoms with Gasteiger partial charge in [-0.3, -0.25) is 10.1 Å². The van der Waals surface area contributed by atoms with Crippen molar-refractivity contribution >= 4 is 77.0 Å². The Hall–Kier alpha value is -1.19. The van der Waals surface area contributed by atoms with Crippen LogP contribution in [0.25, 0.3) is 10.2 Å². The van der Waals surface area contributed by atoms with Crippen LogP contribution in [0.15, 0.2) is 29.2 Å². The standard InChI is InChI=1S/C13H8Cl2N2O3S3/c1-23(19,20)6-2-3-8-9(4-6)21-13(16-8)17-12(18)7-5-10(14)22-11(7)15/h2-5H,1H3,(H,16,17,18). The van der Waals surface area contributed by atoms with Crippen LogP contribution in [0.4, 0.5) is 5.13 Å². The van der Waals surface area contributed by atoms with Gasteiger partial charge in [-0.25, -0.2) is 13.4 Å². The fourth-order valence-electron chi connectivity index (χ4n) is 1.85. The number of thiophene rings is 1. The largest absolute Gasteiger partial charge is 0.298 e. The van der Waals surface area contributed by atoms with Crippen LogP contribution in [-0.2, 0) is 9.84 Å². The molecule has 1 N–H and O–H groups in total.